The molecule has 1 atom stereocenters. The van der Waals surface area contributed by atoms with E-state index >= 15 is 0 Å². The smallest absolute Gasteiger partial charge is 0.0882 e. The maximum Gasteiger partial charge on any atom is 0.0882 e. The zero-order valence-electron chi connectivity index (χ0n) is 12.4. The molecule has 118 valence electrons. The molecule has 2 heteroatoms. The Morgan fingerprint density at radius 1 is 0.950 bits per heavy atom. The predicted octanol–water partition coefficient (Wildman–Crippen LogP) is 6.73. The molecule has 0 radical (unpaired) electrons. The van der Waals surface area contributed by atoms with Crippen molar-refractivity contribution in [1.82, 2.24) is 0 Å². The highest BCUT2D eigenvalue weighted by molar-refractivity contribution is 7.10. The number of hydrogen-bond acceptors (Lipinski definition) is 2. The van der Waals surface area contributed by atoms with E-state index in [-0.39, 0.29) is 13.5 Å². The van der Waals surface area contributed by atoms with Crippen LogP contribution in [0.4, 0.5) is 0 Å². The van der Waals surface area contributed by atoms with Gasteiger partial charge in [0.25, 0.3) is 0 Å². The molecule has 0 aliphatic heterocycles. The highest BCUT2D eigenvalue weighted by Gasteiger charge is 2.07. The standard InChI is InChI=1S/C17H30OS.CH4/c1-2-3-4-5-6-7-8-9-10-11-13-16(18)17-14-12-15-19-17;/h12,14-16,18H,2-11,13H2,1H3;1H4. The monoisotopic (exact) mass is 298 g/mol. The Kier molecular flexibility index (Phi) is 13.4. The number of unbranched alkanes of at least 4 members (excludes halogenated alkanes) is 9. The summed E-state index contributed by atoms with van der Waals surface area (Å²) in [6, 6.07) is 4.05. The number of rotatable bonds is 12. The molecule has 1 aromatic heterocycles. The Bertz CT molecular complexity index is 282. The van der Waals surface area contributed by atoms with Gasteiger partial charge in [-0.1, -0.05) is 84.6 Å². The average Bonchev–Trinajstić information content (AvgIpc) is 2.95. The first-order valence-electron chi connectivity index (χ1n) is 8.06. The minimum Gasteiger partial charge on any atom is -0.388 e. The number of aliphatic hydroxyl groups excluding tert-OH is 1. The summed E-state index contributed by atoms with van der Waals surface area (Å²) < 4.78 is 0. The molecule has 0 fully saturated rings. The maximum absolute atomic E-state index is 9.94. The van der Waals surface area contributed by atoms with E-state index in [1.807, 2.05) is 17.5 Å². The van der Waals surface area contributed by atoms with Crippen molar-refractivity contribution in [3.8, 4) is 0 Å². The summed E-state index contributed by atoms with van der Waals surface area (Å²) in [5, 5.41) is 12.0. The summed E-state index contributed by atoms with van der Waals surface area (Å²) in [4.78, 5) is 1.12. The van der Waals surface area contributed by atoms with E-state index in [4.69, 9.17) is 0 Å². The molecular weight excluding hydrogens is 264 g/mol. The molecule has 1 rings (SSSR count). The first-order chi connectivity index (χ1) is 9.34. The molecule has 0 bridgehead atoms. The molecule has 0 aliphatic carbocycles. The van der Waals surface area contributed by atoms with Gasteiger partial charge in [0, 0.05) is 4.88 Å². The van der Waals surface area contributed by atoms with E-state index in [9.17, 15) is 5.11 Å². The quantitative estimate of drug-likeness (QED) is 0.424. The molecule has 20 heavy (non-hydrogen) atoms. The molecule has 0 aromatic carbocycles. The van der Waals surface area contributed by atoms with Gasteiger partial charge in [0.15, 0.2) is 0 Å². The largest absolute Gasteiger partial charge is 0.388 e. The van der Waals surface area contributed by atoms with Crippen molar-refractivity contribution in [1.29, 1.82) is 0 Å². The third kappa shape index (κ3) is 9.55. The number of hydrogen-bond donors (Lipinski definition) is 1. The van der Waals surface area contributed by atoms with Crippen LogP contribution in [0.5, 0.6) is 0 Å². The normalized spacial score (nSPS) is 12.1. The van der Waals surface area contributed by atoms with E-state index in [1.54, 1.807) is 11.3 Å². The van der Waals surface area contributed by atoms with Crippen LogP contribution in [0.25, 0.3) is 0 Å². The minimum absolute atomic E-state index is 0. The average molecular weight is 299 g/mol. The molecule has 0 saturated carbocycles. The summed E-state index contributed by atoms with van der Waals surface area (Å²) in [5.41, 5.74) is 0. The lowest BCUT2D eigenvalue weighted by molar-refractivity contribution is 0.167. The predicted molar refractivity (Wildman–Crippen MR) is 92.5 cm³/mol. The fourth-order valence-corrected chi connectivity index (χ4v) is 3.19. The second-order valence-corrected chi connectivity index (χ2v) is 6.48. The van der Waals surface area contributed by atoms with E-state index in [0.717, 1.165) is 17.7 Å². The topological polar surface area (TPSA) is 20.2 Å². The van der Waals surface area contributed by atoms with Gasteiger partial charge in [0.2, 0.25) is 0 Å². The van der Waals surface area contributed by atoms with Gasteiger partial charge in [-0.25, -0.2) is 0 Å². The van der Waals surface area contributed by atoms with Crippen molar-refractivity contribution < 1.29 is 5.11 Å². The molecule has 1 aromatic rings. The van der Waals surface area contributed by atoms with Gasteiger partial charge >= 0.3 is 0 Å². The number of aliphatic hydroxyl groups is 1. The summed E-state index contributed by atoms with van der Waals surface area (Å²) in [6.07, 6.45) is 14.3. The molecule has 1 N–H and O–H groups in total. The Morgan fingerprint density at radius 2 is 1.50 bits per heavy atom. The van der Waals surface area contributed by atoms with E-state index in [1.165, 1.54) is 57.8 Å². The van der Waals surface area contributed by atoms with E-state index in [2.05, 4.69) is 6.92 Å². The Hall–Kier alpha value is -0.340. The zero-order chi connectivity index (χ0) is 13.8. The fourth-order valence-electron chi connectivity index (χ4n) is 2.45. The van der Waals surface area contributed by atoms with Crippen molar-refractivity contribution in [3.05, 3.63) is 22.4 Å². The van der Waals surface area contributed by atoms with Crippen molar-refractivity contribution in [2.45, 2.75) is 91.1 Å². The second kappa shape index (κ2) is 13.6. The van der Waals surface area contributed by atoms with Crippen molar-refractivity contribution in [2.24, 2.45) is 0 Å². The van der Waals surface area contributed by atoms with Gasteiger partial charge in [-0.2, -0.15) is 0 Å². The van der Waals surface area contributed by atoms with E-state index < -0.39 is 0 Å². The van der Waals surface area contributed by atoms with Crippen LogP contribution in [0.15, 0.2) is 17.5 Å². The zero-order valence-corrected chi connectivity index (χ0v) is 13.3. The second-order valence-electron chi connectivity index (χ2n) is 5.50. The molecule has 1 unspecified atom stereocenters. The van der Waals surface area contributed by atoms with Crippen molar-refractivity contribution in [3.63, 3.8) is 0 Å². The molecule has 0 amide bonds. The van der Waals surface area contributed by atoms with Crippen LogP contribution in [0.1, 0.15) is 96.0 Å². The van der Waals surface area contributed by atoms with E-state index in [0.29, 0.717) is 0 Å². The lowest BCUT2D eigenvalue weighted by Crippen LogP contribution is -1.94. The number of thiophene rings is 1. The minimum atomic E-state index is -0.228. The van der Waals surface area contributed by atoms with Gasteiger partial charge < -0.3 is 5.11 Å². The summed E-state index contributed by atoms with van der Waals surface area (Å²) in [5.74, 6) is 0. The van der Waals surface area contributed by atoms with Gasteiger partial charge in [-0.15, -0.1) is 11.3 Å². The van der Waals surface area contributed by atoms with Crippen LogP contribution in [-0.4, -0.2) is 5.11 Å². The van der Waals surface area contributed by atoms with Crippen LogP contribution < -0.4 is 0 Å². The van der Waals surface area contributed by atoms with Crippen LogP contribution in [-0.2, 0) is 0 Å². The van der Waals surface area contributed by atoms with Crippen molar-refractivity contribution >= 4 is 11.3 Å². The van der Waals surface area contributed by atoms with Gasteiger partial charge in [0.05, 0.1) is 6.10 Å². The van der Waals surface area contributed by atoms with Crippen molar-refractivity contribution in [2.75, 3.05) is 0 Å². The molecule has 1 nitrogen and oxygen atoms in total. The van der Waals surface area contributed by atoms with Gasteiger partial charge in [-0.3, -0.25) is 0 Å². The molecule has 0 aliphatic rings. The Morgan fingerprint density at radius 3 is 2.00 bits per heavy atom. The van der Waals surface area contributed by atoms with Crippen LogP contribution in [0, 0.1) is 0 Å². The highest BCUT2D eigenvalue weighted by atomic mass is 32.1. The van der Waals surface area contributed by atoms with Crippen LogP contribution >= 0.6 is 11.3 Å². The molecule has 0 spiro atoms. The summed E-state index contributed by atoms with van der Waals surface area (Å²) in [6.45, 7) is 2.27. The summed E-state index contributed by atoms with van der Waals surface area (Å²) in [7, 11) is 0. The Labute approximate surface area is 130 Å². The first kappa shape index (κ1) is 19.7. The Balaban J connectivity index is 0.00000361. The lowest BCUT2D eigenvalue weighted by atomic mass is 10.0. The first-order valence-corrected chi connectivity index (χ1v) is 8.94. The van der Waals surface area contributed by atoms with Crippen LogP contribution in [0.2, 0.25) is 0 Å². The van der Waals surface area contributed by atoms with Crippen LogP contribution in [0.3, 0.4) is 0 Å². The molecular formula is C18H34OS. The molecule has 1 heterocycles. The third-order valence-corrected chi connectivity index (χ3v) is 4.68. The fraction of sp³-hybridized carbons (Fsp3) is 0.778. The highest BCUT2D eigenvalue weighted by Crippen LogP contribution is 2.24. The lowest BCUT2D eigenvalue weighted by Gasteiger charge is -2.08. The summed E-state index contributed by atoms with van der Waals surface area (Å²) >= 11 is 1.66. The SMILES string of the molecule is C.CCCCCCCCCCCCC(O)c1cccs1. The maximum atomic E-state index is 9.94. The third-order valence-electron chi connectivity index (χ3n) is 3.70. The molecule has 0 saturated heterocycles. The van der Waals surface area contributed by atoms with Gasteiger partial charge in [0.1, 0.15) is 0 Å². The van der Waals surface area contributed by atoms with Gasteiger partial charge in [-0.05, 0) is 17.9 Å².